The van der Waals surface area contributed by atoms with E-state index >= 15 is 0 Å². The van der Waals surface area contributed by atoms with Crippen molar-refractivity contribution in [2.24, 2.45) is 0 Å². The summed E-state index contributed by atoms with van der Waals surface area (Å²) in [5.74, 6) is 0. The summed E-state index contributed by atoms with van der Waals surface area (Å²) in [4.78, 5) is 0. The van der Waals surface area contributed by atoms with Crippen molar-refractivity contribution >= 4 is 0 Å². The minimum Gasteiger partial charge on any atom is -0.623 e. The van der Waals surface area contributed by atoms with Crippen molar-refractivity contribution in [3.8, 4) is 0 Å². The molecule has 0 atom stereocenters. The SMILES string of the molecule is [2H][CH-]N[CH2-].[CH3-].[W+2].[Y]. The Morgan fingerprint density at radius 1 is 1.67 bits per heavy atom. The Kier molecular flexibility index (Phi) is 76.9. The summed E-state index contributed by atoms with van der Waals surface area (Å²) in [5, 5.41) is 2.22. The van der Waals surface area contributed by atoms with Crippen LogP contribution in [-0.2, 0) is 53.8 Å². The van der Waals surface area contributed by atoms with E-state index in [1.165, 1.54) is 0 Å². The first-order valence-electron chi connectivity index (χ1n) is 1.22. The standard InChI is InChI=1S/C2H5N.CH3.W.Y/c1-3-2;;;/h3H,1-2H2;1H3;;/q-2;-1;+2;/i1D;;;. The third-order valence-corrected chi connectivity index (χ3v) is 0. The van der Waals surface area contributed by atoms with Gasteiger partial charge >= 0.3 is 21.1 Å². The number of rotatable bonds is 1. The van der Waals surface area contributed by atoms with Crippen LogP contribution in [0.4, 0.5) is 0 Å². The van der Waals surface area contributed by atoms with Gasteiger partial charge in [-0.3, -0.25) is 0 Å². The second-order valence-corrected chi connectivity index (χ2v) is 0.204. The van der Waals surface area contributed by atoms with Crippen molar-refractivity contribution in [1.82, 2.24) is 5.32 Å². The molecule has 0 aromatic carbocycles. The van der Waals surface area contributed by atoms with Crippen LogP contribution in [0.1, 0.15) is 1.37 Å². The molecule has 1 nitrogen and oxygen atoms in total. The van der Waals surface area contributed by atoms with Crippen molar-refractivity contribution in [2.75, 3.05) is 0 Å². The molecule has 0 amide bonds. The van der Waals surface area contributed by atoms with Crippen LogP contribution in [0.25, 0.3) is 0 Å². The van der Waals surface area contributed by atoms with Gasteiger partial charge in [0.25, 0.3) is 0 Å². The molecule has 0 aromatic rings. The minimum absolute atomic E-state index is 0. The van der Waals surface area contributed by atoms with Gasteiger partial charge in [0.2, 0.25) is 0 Å². The van der Waals surface area contributed by atoms with Crippen molar-refractivity contribution < 1.29 is 55.1 Å². The van der Waals surface area contributed by atoms with Crippen LogP contribution >= 0.6 is 0 Å². The van der Waals surface area contributed by atoms with Crippen molar-refractivity contribution in [1.29, 1.82) is 0 Å². The van der Waals surface area contributed by atoms with Crippen LogP contribution < -0.4 is 5.32 Å². The Morgan fingerprint density at radius 3 is 1.83 bits per heavy atom. The molecule has 0 unspecified atom stereocenters. The Bertz CT molecular complexity index is 16.9. The summed E-state index contributed by atoms with van der Waals surface area (Å²) in [5.41, 5.74) is 0. The van der Waals surface area contributed by atoms with E-state index in [2.05, 4.69) is 12.4 Å². The number of nitrogens with one attached hydrogen (secondary N) is 1. The van der Waals surface area contributed by atoms with E-state index < -0.39 is 0 Å². The average molecular weight is 332 g/mol. The summed E-state index contributed by atoms with van der Waals surface area (Å²) in [6.45, 7) is 0. The molecule has 0 aliphatic rings. The third-order valence-electron chi connectivity index (χ3n) is 0. The van der Waals surface area contributed by atoms with Gasteiger partial charge in [0.15, 0.2) is 0 Å². The van der Waals surface area contributed by atoms with Gasteiger partial charge < -0.3 is 26.8 Å². The number of hydrogen-bond acceptors (Lipinski definition) is 1. The molecule has 1 N–H and O–H groups in total. The quantitative estimate of drug-likeness (QED) is 0.694. The second-order valence-electron chi connectivity index (χ2n) is 0.204. The maximum absolute atomic E-state index is 6.15. The van der Waals surface area contributed by atoms with Crippen LogP contribution in [0.15, 0.2) is 0 Å². The maximum Gasteiger partial charge on any atom is 2.00 e. The molecule has 35 valence electrons. The van der Waals surface area contributed by atoms with E-state index in [1.807, 2.05) is 0 Å². The van der Waals surface area contributed by atoms with Crippen molar-refractivity contribution in [3.63, 3.8) is 0 Å². The molecule has 3 heteroatoms. The van der Waals surface area contributed by atoms with Crippen LogP contribution in [-0.4, -0.2) is 0 Å². The van der Waals surface area contributed by atoms with E-state index in [1.54, 1.807) is 0 Å². The Hall–Kier alpha value is 1.75. The molecular weight excluding hydrogens is 323 g/mol. The Morgan fingerprint density at radius 2 is 1.83 bits per heavy atom. The zero-order valence-electron chi connectivity index (χ0n) is 4.77. The van der Waals surface area contributed by atoms with Gasteiger partial charge in [0.05, 0.1) is 0 Å². The smallest absolute Gasteiger partial charge is 0.623 e. The van der Waals surface area contributed by atoms with Crippen LogP contribution in [0.3, 0.4) is 0 Å². The first-order chi connectivity index (χ1) is 1.91. The van der Waals surface area contributed by atoms with Crippen LogP contribution in [0, 0.1) is 21.5 Å². The molecule has 0 saturated heterocycles. The van der Waals surface area contributed by atoms with Gasteiger partial charge in [-0.2, -0.15) is 1.37 Å². The maximum atomic E-state index is 6.15. The van der Waals surface area contributed by atoms with Gasteiger partial charge in [-0.1, -0.05) is 0 Å². The minimum atomic E-state index is 0. The van der Waals surface area contributed by atoms with Gasteiger partial charge in [-0.25, -0.2) is 0 Å². The van der Waals surface area contributed by atoms with E-state index in [0.717, 1.165) is 7.02 Å². The monoisotopic (exact) mass is 332 g/mol. The number of hydrogen-bond donors (Lipinski definition) is 1. The third kappa shape index (κ3) is 42.3. The first-order valence-corrected chi connectivity index (χ1v) is 0.642. The zero-order chi connectivity index (χ0) is 3.41. The van der Waals surface area contributed by atoms with Gasteiger partial charge in [0, 0.05) is 32.7 Å². The zero-order valence-corrected chi connectivity index (χ0v) is 9.54. The molecule has 1 radical (unpaired) electrons. The molecule has 0 aromatic heterocycles. The average Bonchev–Trinajstić information content (AvgIpc) is 1.37. The topological polar surface area (TPSA) is 12.0 Å². The summed E-state index contributed by atoms with van der Waals surface area (Å²) in [6.07, 6.45) is 0. The summed E-state index contributed by atoms with van der Waals surface area (Å²) >= 11 is 0. The van der Waals surface area contributed by atoms with E-state index in [4.69, 9.17) is 1.37 Å². The Balaban J connectivity index is -0.0000000150. The summed E-state index contributed by atoms with van der Waals surface area (Å²) < 4.78 is 6.15. The molecule has 0 bridgehead atoms. The van der Waals surface area contributed by atoms with Gasteiger partial charge in [0.1, 0.15) is 0 Å². The molecule has 0 aliphatic heterocycles. The summed E-state index contributed by atoms with van der Waals surface area (Å²) in [7, 11) is 4.12. The first kappa shape index (κ1) is 15.7. The predicted octanol–water partition coefficient (Wildman–Crippen LogP) is 0.604. The molecule has 0 heterocycles. The second kappa shape index (κ2) is 29.5. The van der Waals surface area contributed by atoms with E-state index in [0.29, 0.717) is 0 Å². The fraction of sp³-hybridized carbons (Fsp3) is 0. The van der Waals surface area contributed by atoms with Gasteiger partial charge in [-0.15, -0.1) is 0 Å². The fourth-order valence-electron chi connectivity index (χ4n) is 0. The normalized spacial score (nSPS) is 5.17. The molecule has 0 spiro atoms. The molecular formula is C3H8NWY-. The van der Waals surface area contributed by atoms with E-state index in [9.17, 15) is 0 Å². The molecule has 0 saturated carbocycles. The van der Waals surface area contributed by atoms with Crippen molar-refractivity contribution in [3.05, 3.63) is 21.5 Å². The molecule has 0 rings (SSSR count). The van der Waals surface area contributed by atoms with Crippen LogP contribution in [0.2, 0.25) is 0 Å². The molecule has 6 heavy (non-hydrogen) atoms. The molecule has 0 fully saturated rings. The Labute approximate surface area is 81.2 Å². The van der Waals surface area contributed by atoms with E-state index in [-0.39, 0.29) is 61.2 Å². The largest absolute Gasteiger partial charge is 2.00 e. The molecule has 0 aliphatic carbocycles. The fourth-order valence-corrected chi connectivity index (χ4v) is 0. The van der Waals surface area contributed by atoms with Crippen molar-refractivity contribution in [2.45, 2.75) is 0 Å². The summed E-state index contributed by atoms with van der Waals surface area (Å²) in [6, 6.07) is 0. The predicted molar refractivity (Wildman–Crippen MR) is 20.3 cm³/mol. The van der Waals surface area contributed by atoms with Gasteiger partial charge in [-0.05, 0) is 0 Å². The van der Waals surface area contributed by atoms with Crippen LogP contribution in [0.5, 0.6) is 0 Å².